The zero-order valence-electron chi connectivity index (χ0n) is 17.4. The quantitative estimate of drug-likeness (QED) is 0.624. The summed E-state index contributed by atoms with van der Waals surface area (Å²) in [4.78, 5) is 15.9. The molecule has 0 radical (unpaired) electrons. The maximum Gasteiger partial charge on any atom is 0.230 e. The van der Waals surface area contributed by atoms with Crippen LogP contribution in [0.3, 0.4) is 0 Å². The van der Waals surface area contributed by atoms with Crippen LogP contribution in [-0.2, 0) is 28.9 Å². The van der Waals surface area contributed by atoms with Gasteiger partial charge in [-0.2, -0.15) is 0 Å². The predicted molar refractivity (Wildman–Crippen MR) is 120 cm³/mol. The first-order chi connectivity index (χ1) is 14.8. The Hall–Kier alpha value is -2.02. The first-order valence-electron chi connectivity index (χ1n) is 10.8. The van der Waals surface area contributed by atoms with Gasteiger partial charge in [0.05, 0.1) is 19.0 Å². The number of hydrogen-bond acceptors (Lipinski definition) is 5. The van der Waals surface area contributed by atoms with Crippen molar-refractivity contribution in [3.05, 3.63) is 59.2 Å². The van der Waals surface area contributed by atoms with Crippen molar-refractivity contribution in [2.45, 2.75) is 30.7 Å². The summed E-state index contributed by atoms with van der Waals surface area (Å²) in [5.41, 5.74) is 3.92. The number of aryl methyl sites for hydroxylation is 2. The second-order valence-corrected chi connectivity index (χ2v) is 8.81. The molecule has 160 valence electrons. The fourth-order valence-electron chi connectivity index (χ4n) is 3.93. The summed E-state index contributed by atoms with van der Waals surface area (Å²) in [6.07, 6.45) is 3.60. The van der Waals surface area contributed by atoms with Gasteiger partial charge in [0.25, 0.3) is 0 Å². The summed E-state index contributed by atoms with van der Waals surface area (Å²) >= 11 is 1.60. The zero-order valence-corrected chi connectivity index (χ0v) is 18.2. The molecule has 0 unspecified atom stereocenters. The summed E-state index contributed by atoms with van der Waals surface area (Å²) < 4.78 is 11.4. The highest BCUT2D eigenvalue weighted by Crippen LogP contribution is 2.27. The summed E-state index contributed by atoms with van der Waals surface area (Å²) in [6, 6.07) is 14.5. The standard InChI is InChI=1S/C24H30N2O3S/c27-24(18-30-22-9-8-19-5-3-6-20(19)16-22)25-17-21-4-1-2-7-23(21)29-15-12-26-10-13-28-14-11-26/h1-2,4,7-9,16H,3,5-6,10-15,17-18H2,(H,25,27). The van der Waals surface area contributed by atoms with Crippen LogP contribution in [0.5, 0.6) is 5.75 Å². The van der Waals surface area contributed by atoms with Crippen molar-refractivity contribution in [3.63, 3.8) is 0 Å². The van der Waals surface area contributed by atoms with Crippen molar-refractivity contribution in [1.82, 2.24) is 10.2 Å². The summed E-state index contributed by atoms with van der Waals surface area (Å²) in [5.74, 6) is 1.32. The zero-order chi connectivity index (χ0) is 20.6. The molecule has 1 heterocycles. The lowest BCUT2D eigenvalue weighted by atomic mass is 10.1. The van der Waals surface area contributed by atoms with Gasteiger partial charge in [-0.3, -0.25) is 9.69 Å². The van der Waals surface area contributed by atoms with Gasteiger partial charge >= 0.3 is 0 Å². The molecule has 1 aliphatic carbocycles. The van der Waals surface area contributed by atoms with Gasteiger partial charge in [0.15, 0.2) is 0 Å². The molecule has 1 N–H and O–H groups in total. The maximum atomic E-state index is 12.4. The molecule has 5 nitrogen and oxygen atoms in total. The van der Waals surface area contributed by atoms with Crippen molar-refractivity contribution < 1.29 is 14.3 Å². The molecule has 2 aliphatic rings. The molecule has 1 saturated heterocycles. The lowest BCUT2D eigenvalue weighted by Crippen LogP contribution is -2.38. The van der Waals surface area contributed by atoms with Crippen LogP contribution < -0.4 is 10.1 Å². The van der Waals surface area contributed by atoms with Gasteiger partial charge in [-0.1, -0.05) is 24.3 Å². The Balaban J connectivity index is 1.21. The Kier molecular flexibility index (Phi) is 7.67. The number of nitrogens with one attached hydrogen (secondary N) is 1. The van der Waals surface area contributed by atoms with Gasteiger partial charge in [0.1, 0.15) is 12.4 Å². The number of hydrogen-bond donors (Lipinski definition) is 1. The van der Waals surface area contributed by atoms with E-state index in [0.717, 1.165) is 50.6 Å². The second-order valence-electron chi connectivity index (χ2n) is 7.76. The minimum absolute atomic E-state index is 0.0450. The molecule has 4 rings (SSSR count). The van der Waals surface area contributed by atoms with Gasteiger partial charge < -0.3 is 14.8 Å². The fourth-order valence-corrected chi connectivity index (χ4v) is 4.72. The van der Waals surface area contributed by atoms with Crippen LogP contribution in [-0.4, -0.2) is 56.0 Å². The molecule has 0 spiro atoms. The third-order valence-electron chi connectivity index (χ3n) is 5.66. The van der Waals surface area contributed by atoms with Gasteiger partial charge in [0.2, 0.25) is 5.91 Å². The lowest BCUT2D eigenvalue weighted by Gasteiger charge is -2.26. The number of rotatable bonds is 9. The monoisotopic (exact) mass is 426 g/mol. The molecule has 0 saturated carbocycles. The van der Waals surface area contributed by atoms with Crippen LogP contribution in [0, 0.1) is 0 Å². The van der Waals surface area contributed by atoms with Crippen molar-refractivity contribution in [1.29, 1.82) is 0 Å². The molecular weight excluding hydrogens is 396 g/mol. The molecule has 6 heteroatoms. The van der Waals surface area contributed by atoms with E-state index in [2.05, 4.69) is 28.4 Å². The van der Waals surface area contributed by atoms with E-state index in [1.54, 1.807) is 11.8 Å². The minimum atomic E-state index is 0.0450. The lowest BCUT2D eigenvalue weighted by molar-refractivity contribution is -0.118. The minimum Gasteiger partial charge on any atom is -0.492 e. The van der Waals surface area contributed by atoms with E-state index in [9.17, 15) is 4.79 Å². The Labute approximate surface area is 183 Å². The van der Waals surface area contributed by atoms with Crippen LogP contribution in [0.2, 0.25) is 0 Å². The van der Waals surface area contributed by atoms with Crippen molar-refractivity contribution in [2.24, 2.45) is 0 Å². The molecule has 2 aromatic rings. The Morgan fingerprint density at radius 1 is 1.10 bits per heavy atom. The van der Waals surface area contributed by atoms with E-state index in [-0.39, 0.29) is 5.91 Å². The summed E-state index contributed by atoms with van der Waals surface area (Å²) in [5, 5.41) is 3.04. The van der Waals surface area contributed by atoms with Gasteiger partial charge in [-0.25, -0.2) is 0 Å². The molecule has 2 aromatic carbocycles. The number of fused-ring (bicyclic) bond motifs is 1. The van der Waals surface area contributed by atoms with Crippen LogP contribution in [0.15, 0.2) is 47.4 Å². The van der Waals surface area contributed by atoms with Crippen LogP contribution in [0.4, 0.5) is 0 Å². The maximum absolute atomic E-state index is 12.4. The third-order valence-corrected chi connectivity index (χ3v) is 6.65. The number of carbonyl (C=O) groups is 1. The average Bonchev–Trinajstić information content (AvgIpc) is 3.26. The highest BCUT2D eigenvalue weighted by molar-refractivity contribution is 8.00. The second kappa shape index (κ2) is 10.8. The first kappa shape index (κ1) is 21.2. The highest BCUT2D eigenvalue weighted by atomic mass is 32.2. The van der Waals surface area contributed by atoms with E-state index in [0.29, 0.717) is 18.9 Å². The molecule has 0 atom stereocenters. The number of para-hydroxylation sites is 1. The molecule has 0 bridgehead atoms. The van der Waals surface area contributed by atoms with Crippen molar-refractivity contribution in [2.75, 3.05) is 45.2 Å². The summed E-state index contributed by atoms with van der Waals surface area (Å²) in [7, 11) is 0. The van der Waals surface area contributed by atoms with Gasteiger partial charge in [0, 0.05) is 36.6 Å². The van der Waals surface area contributed by atoms with Gasteiger partial charge in [-0.05, 0) is 48.6 Å². The first-order valence-corrected chi connectivity index (χ1v) is 11.8. The molecule has 30 heavy (non-hydrogen) atoms. The van der Waals surface area contributed by atoms with E-state index in [1.807, 2.05) is 24.3 Å². The number of morpholine rings is 1. The normalized spacial score (nSPS) is 16.3. The number of thioether (sulfide) groups is 1. The molecule has 0 aromatic heterocycles. The Morgan fingerprint density at radius 3 is 2.83 bits per heavy atom. The molecular formula is C24H30N2O3S. The van der Waals surface area contributed by atoms with E-state index in [1.165, 1.54) is 28.9 Å². The van der Waals surface area contributed by atoms with Gasteiger partial charge in [-0.15, -0.1) is 11.8 Å². The highest BCUT2D eigenvalue weighted by Gasteiger charge is 2.13. The summed E-state index contributed by atoms with van der Waals surface area (Å²) in [6.45, 7) is 5.53. The largest absolute Gasteiger partial charge is 0.492 e. The Morgan fingerprint density at radius 2 is 1.93 bits per heavy atom. The van der Waals surface area contributed by atoms with Crippen LogP contribution in [0.1, 0.15) is 23.1 Å². The molecule has 1 aliphatic heterocycles. The average molecular weight is 427 g/mol. The smallest absolute Gasteiger partial charge is 0.230 e. The van der Waals surface area contributed by atoms with E-state index < -0.39 is 0 Å². The number of carbonyl (C=O) groups excluding carboxylic acids is 1. The molecule has 1 amide bonds. The Bertz CT molecular complexity index is 852. The molecule has 1 fully saturated rings. The van der Waals surface area contributed by atoms with Crippen LogP contribution in [0.25, 0.3) is 0 Å². The number of benzene rings is 2. The third kappa shape index (κ3) is 6.00. The van der Waals surface area contributed by atoms with Crippen molar-refractivity contribution in [3.8, 4) is 5.75 Å². The van der Waals surface area contributed by atoms with E-state index in [4.69, 9.17) is 9.47 Å². The number of nitrogens with zero attached hydrogens (tertiary/aromatic N) is 1. The number of ether oxygens (including phenoxy) is 2. The van der Waals surface area contributed by atoms with Crippen molar-refractivity contribution >= 4 is 17.7 Å². The predicted octanol–water partition coefficient (Wildman–Crippen LogP) is 3.29. The topological polar surface area (TPSA) is 50.8 Å². The van der Waals surface area contributed by atoms with E-state index >= 15 is 0 Å². The van der Waals surface area contributed by atoms with Crippen LogP contribution >= 0.6 is 11.8 Å². The SMILES string of the molecule is O=C(CSc1ccc2c(c1)CCC2)NCc1ccccc1OCCN1CCOCC1. The fraction of sp³-hybridized carbons (Fsp3) is 0.458. The number of amides is 1.